The molecule has 1 N–H and O–H groups in total. The van der Waals surface area contributed by atoms with Gasteiger partial charge in [-0.05, 0) is 23.8 Å². The summed E-state index contributed by atoms with van der Waals surface area (Å²) in [6, 6.07) is 11.0. The molecular weight excluding hydrogens is 277 g/mol. The number of aliphatic hydroxyl groups is 1. The second-order valence-electron chi connectivity index (χ2n) is 4.04. The molecule has 100 valence electrons. The molecule has 2 aromatic carbocycles. The minimum absolute atomic E-state index is 0.362. The average molecular weight is 287 g/mol. The molecule has 0 aliphatic rings. The molecule has 2 aromatic rings. The van der Waals surface area contributed by atoms with Gasteiger partial charge in [-0.2, -0.15) is 13.2 Å². The van der Waals surface area contributed by atoms with Gasteiger partial charge in [-0.1, -0.05) is 41.9 Å². The van der Waals surface area contributed by atoms with Crippen molar-refractivity contribution in [2.24, 2.45) is 0 Å². The third-order valence-corrected chi connectivity index (χ3v) is 3.10. The van der Waals surface area contributed by atoms with Gasteiger partial charge in [0, 0.05) is 10.6 Å². The van der Waals surface area contributed by atoms with E-state index in [9.17, 15) is 18.3 Å². The van der Waals surface area contributed by atoms with E-state index < -0.39 is 17.8 Å². The maximum absolute atomic E-state index is 12.4. The van der Waals surface area contributed by atoms with E-state index in [1.807, 2.05) is 0 Å². The van der Waals surface area contributed by atoms with Crippen LogP contribution in [0.1, 0.15) is 22.8 Å². The number of halogens is 4. The Hall–Kier alpha value is -1.52. The minimum atomic E-state index is -4.38. The summed E-state index contributed by atoms with van der Waals surface area (Å²) < 4.78 is 37.3. The first kappa shape index (κ1) is 13.9. The van der Waals surface area contributed by atoms with E-state index in [0.29, 0.717) is 16.1 Å². The summed E-state index contributed by atoms with van der Waals surface area (Å²) in [6.07, 6.45) is -5.43. The summed E-state index contributed by atoms with van der Waals surface area (Å²) in [4.78, 5) is 0. The molecule has 0 fully saturated rings. The van der Waals surface area contributed by atoms with Gasteiger partial charge in [0.2, 0.25) is 0 Å². The van der Waals surface area contributed by atoms with E-state index in [2.05, 4.69) is 0 Å². The first-order valence-corrected chi connectivity index (χ1v) is 5.87. The van der Waals surface area contributed by atoms with Crippen molar-refractivity contribution in [1.29, 1.82) is 0 Å². The second kappa shape index (κ2) is 5.23. The number of alkyl halides is 3. The highest BCUT2D eigenvalue weighted by Crippen LogP contribution is 2.32. The lowest BCUT2D eigenvalue weighted by molar-refractivity contribution is -0.137. The van der Waals surface area contributed by atoms with Crippen LogP contribution < -0.4 is 0 Å². The monoisotopic (exact) mass is 286 g/mol. The van der Waals surface area contributed by atoms with Crippen LogP contribution in [0.25, 0.3) is 0 Å². The van der Waals surface area contributed by atoms with Crippen LogP contribution in [0.4, 0.5) is 13.2 Å². The number of rotatable bonds is 2. The molecule has 0 heterocycles. The van der Waals surface area contributed by atoms with Gasteiger partial charge >= 0.3 is 6.18 Å². The summed E-state index contributed by atoms with van der Waals surface area (Å²) in [7, 11) is 0. The quantitative estimate of drug-likeness (QED) is 0.865. The number of aliphatic hydroxyl groups excluding tert-OH is 1. The van der Waals surface area contributed by atoms with E-state index in [1.165, 1.54) is 12.1 Å². The van der Waals surface area contributed by atoms with Crippen molar-refractivity contribution in [3.05, 3.63) is 70.2 Å². The highest BCUT2D eigenvalue weighted by atomic mass is 35.5. The van der Waals surface area contributed by atoms with Gasteiger partial charge in [-0.15, -0.1) is 0 Å². The summed E-state index contributed by atoms with van der Waals surface area (Å²) in [6.45, 7) is 0. The van der Waals surface area contributed by atoms with Crippen LogP contribution >= 0.6 is 11.6 Å². The topological polar surface area (TPSA) is 20.2 Å². The van der Waals surface area contributed by atoms with Crippen LogP contribution in [0.5, 0.6) is 0 Å². The van der Waals surface area contributed by atoms with Crippen molar-refractivity contribution >= 4 is 11.6 Å². The Morgan fingerprint density at radius 1 is 0.947 bits per heavy atom. The highest BCUT2D eigenvalue weighted by Gasteiger charge is 2.30. The molecule has 0 spiro atoms. The van der Waals surface area contributed by atoms with Gasteiger partial charge in [-0.3, -0.25) is 0 Å². The lowest BCUT2D eigenvalue weighted by Gasteiger charge is -2.14. The summed E-state index contributed by atoms with van der Waals surface area (Å²) >= 11 is 5.93. The minimum Gasteiger partial charge on any atom is -0.384 e. The standard InChI is InChI=1S/C14H10ClF3O/c15-12-4-2-1-3-11(12)13(19)9-5-7-10(8-6-9)14(16,17)18/h1-8,13,19H. The van der Waals surface area contributed by atoms with Crippen LogP contribution in [0.3, 0.4) is 0 Å². The number of hydrogen-bond donors (Lipinski definition) is 1. The molecule has 1 nitrogen and oxygen atoms in total. The zero-order valence-corrected chi connectivity index (χ0v) is 10.4. The van der Waals surface area contributed by atoms with E-state index in [1.54, 1.807) is 24.3 Å². The van der Waals surface area contributed by atoms with Crippen molar-refractivity contribution in [3.63, 3.8) is 0 Å². The summed E-state index contributed by atoms with van der Waals surface area (Å²) in [5.41, 5.74) is 0.0765. The smallest absolute Gasteiger partial charge is 0.384 e. The molecule has 0 radical (unpaired) electrons. The third-order valence-electron chi connectivity index (χ3n) is 2.75. The van der Waals surface area contributed by atoms with Crippen molar-refractivity contribution in [2.75, 3.05) is 0 Å². The van der Waals surface area contributed by atoms with E-state index in [4.69, 9.17) is 11.6 Å². The molecule has 1 atom stereocenters. The van der Waals surface area contributed by atoms with Crippen molar-refractivity contribution in [3.8, 4) is 0 Å². The van der Waals surface area contributed by atoms with Crippen molar-refractivity contribution < 1.29 is 18.3 Å². The molecule has 5 heteroatoms. The first-order valence-electron chi connectivity index (χ1n) is 5.49. The first-order chi connectivity index (χ1) is 8.89. The predicted octanol–water partition coefficient (Wildman–Crippen LogP) is 4.44. The van der Waals surface area contributed by atoms with Crippen molar-refractivity contribution in [1.82, 2.24) is 0 Å². The fraction of sp³-hybridized carbons (Fsp3) is 0.143. The Morgan fingerprint density at radius 3 is 2.05 bits per heavy atom. The molecule has 2 rings (SSSR count). The van der Waals surface area contributed by atoms with Gasteiger partial charge in [0.25, 0.3) is 0 Å². The lowest BCUT2D eigenvalue weighted by atomic mass is 10.0. The number of hydrogen-bond acceptors (Lipinski definition) is 1. The molecule has 0 saturated carbocycles. The molecule has 0 aromatic heterocycles. The normalized spacial score (nSPS) is 13.3. The highest BCUT2D eigenvalue weighted by molar-refractivity contribution is 6.31. The van der Waals surface area contributed by atoms with E-state index >= 15 is 0 Å². The van der Waals surface area contributed by atoms with E-state index in [-0.39, 0.29) is 0 Å². The molecule has 0 amide bonds. The molecule has 0 aliphatic carbocycles. The van der Waals surface area contributed by atoms with Gasteiger partial charge < -0.3 is 5.11 Å². The molecular formula is C14H10ClF3O. The molecule has 0 aliphatic heterocycles. The van der Waals surface area contributed by atoms with Crippen LogP contribution in [0.15, 0.2) is 48.5 Å². The maximum Gasteiger partial charge on any atom is 0.416 e. The molecule has 0 saturated heterocycles. The SMILES string of the molecule is OC(c1ccc(C(F)(F)F)cc1)c1ccccc1Cl. The molecule has 19 heavy (non-hydrogen) atoms. The van der Waals surface area contributed by atoms with Crippen LogP contribution in [-0.4, -0.2) is 5.11 Å². The van der Waals surface area contributed by atoms with Gasteiger partial charge in [0.1, 0.15) is 6.10 Å². The van der Waals surface area contributed by atoms with Crippen LogP contribution in [0, 0.1) is 0 Å². The largest absolute Gasteiger partial charge is 0.416 e. The summed E-state index contributed by atoms with van der Waals surface area (Å²) in [5.74, 6) is 0. The molecule has 0 bridgehead atoms. The zero-order chi connectivity index (χ0) is 14.0. The number of benzene rings is 2. The Morgan fingerprint density at radius 2 is 1.53 bits per heavy atom. The Balaban J connectivity index is 2.31. The lowest BCUT2D eigenvalue weighted by Crippen LogP contribution is -2.06. The average Bonchev–Trinajstić information content (AvgIpc) is 2.38. The second-order valence-corrected chi connectivity index (χ2v) is 4.45. The van der Waals surface area contributed by atoms with Crippen LogP contribution in [0.2, 0.25) is 5.02 Å². The molecule has 1 unspecified atom stereocenters. The van der Waals surface area contributed by atoms with E-state index in [0.717, 1.165) is 12.1 Å². The third kappa shape index (κ3) is 3.08. The maximum atomic E-state index is 12.4. The predicted molar refractivity (Wildman–Crippen MR) is 67.0 cm³/mol. The zero-order valence-electron chi connectivity index (χ0n) is 9.66. The van der Waals surface area contributed by atoms with Gasteiger partial charge in [0.05, 0.1) is 5.56 Å². The summed E-state index contributed by atoms with van der Waals surface area (Å²) in [5, 5.41) is 10.5. The Bertz CT molecular complexity index is 564. The fourth-order valence-corrected chi connectivity index (χ4v) is 1.97. The van der Waals surface area contributed by atoms with Crippen LogP contribution in [-0.2, 0) is 6.18 Å². The Kier molecular flexibility index (Phi) is 3.83. The van der Waals surface area contributed by atoms with Gasteiger partial charge in [-0.25, -0.2) is 0 Å². The van der Waals surface area contributed by atoms with Gasteiger partial charge in [0.15, 0.2) is 0 Å². The fourth-order valence-electron chi connectivity index (χ4n) is 1.73. The Labute approximate surface area is 113 Å². The van der Waals surface area contributed by atoms with Crippen molar-refractivity contribution in [2.45, 2.75) is 12.3 Å².